The highest BCUT2D eigenvalue weighted by molar-refractivity contribution is 9.10. The Kier molecular flexibility index (Phi) is 5.75. The molecule has 0 aliphatic rings. The molecule has 8 heteroatoms. The second kappa shape index (κ2) is 8.99. The molecule has 0 fully saturated rings. The highest BCUT2D eigenvalue weighted by atomic mass is 79.9. The summed E-state index contributed by atoms with van der Waals surface area (Å²) >= 11 is 3.41. The molecule has 164 valence electrons. The van der Waals surface area contributed by atoms with Crippen molar-refractivity contribution in [2.24, 2.45) is 0 Å². The maximum absolute atomic E-state index is 12.8. The van der Waals surface area contributed by atoms with Crippen molar-refractivity contribution >= 4 is 38.6 Å². The van der Waals surface area contributed by atoms with Gasteiger partial charge in [0.15, 0.2) is 5.65 Å². The summed E-state index contributed by atoms with van der Waals surface area (Å²) in [6, 6.07) is 19.9. The Bertz CT molecular complexity index is 1440. The molecule has 0 atom stereocenters. The van der Waals surface area contributed by atoms with Crippen LogP contribution in [0.1, 0.15) is 11.3 Å². The van der Waals surface area contributed by atoms with Gasteiger partial charge in [0.2, 0.25) is 5.91 Å². The number of aromatic nitrogens is 5. The van der Waals surface area contributed by atoms with E-state index in [-0.39, 0.29) is 12.5 Å². The van der Waals surface area contributed by atoms with Gasteiger partial charge in [-0.1, -0.05) is 42.5 Å². The molecule has 0 unspecified atom stereocenters. The molecule has 1 amide bonds. The summed E-state index contributed by atoms with van der Waals surface area (Å²) in [6.07, 6.45) is 5.42. The molecule has 5 rings (SSSR count). The van der Waals surface area contributed by atoms with Gasteiger partial charge in [-0.25, -0.2) is 9.67 Å². The minimum absolute atomic E-state index is 0.0753. The Morgan fingerprint density at radius 2 is 1.94 bits per heavy atom. The van der Waals surface area contributed by atoms with Crippen LogP contribution < -0.4 is 5.32 Å². The molecular weight excluding hydrogens is 480 g/mol. The van der Waals surface area contributed by atoms with Crippen molar-refractivity contribution < 1.29 is 4.79 Å². The number of carbonyl (C=O) groups is 1. The van der Waals surface area contributed by atoms with E-state index < -0.39 is 0 Å². The van der Waals surface area contributed by atoms with Gasteiger partial charge >= 0.3 is 0 Å². The van der Waals surface area contributed by atoms with Crippen LogP contribution in [0.2, 0.25) is 0 Å². The van der Waals surface area contributed by atoms with Crippen LogP contribution in [-0.4, -0.2) is 30.5 Å². The summed E-state index contributed by atoms with van der Waals surface area (Å²) in [5, 5.41) is 12.8. The highest BCUT2D eigenvalue weighted by Gasteiger charge is 2.16. The number of carbonyl (C=O) groups excluding carboxylic acids is 1. The fraction of sp³-hybridized carbons (Fsp3) is 0.120. The SMILES string of the molecule is Cc1nn(CC(=O)Nc2cccc(Cn3cc(Br)cn3)c2)c2nccc(-c3ccccc3)c12. The largest absolute Gasteiger partial charge is 0.324 e. The molecule has 0 spiro atoms. The van der Waals surface area contributed by atoms with E-state index in [9.17, 15) is 4.79 Å². The van der Waals surface area contributed by atoms with Crippen LogP contribution >= 0.6 is 15.9 Å². The van der Waals surface area contributed by atoms with Gasteiger partial charge in [0.05, 0.1) is 22.9 Å². The van der Waals surface area contributed by atoms with Gasteiger partial charge in [-0.15, -0.1) is 0 Å². The summed E-state index contributed by atoms with van der Waals surface area (Å²) in [4.78, 5) is 17.4. The minimum atomic E-state index is -0.162. The van der Waals surface area contributed by atoms with Gasteiger partial charge < -0.3 is 5.32 Å². The molecule has 33 heavy (non-hydrogen) atoms. The Morgan fingerprint density at radius 3 is 2.73 bits per heavy atom. The molecule has 1 N–H and O–H groups in total. The number of rotatable bonds is 6. The van der Waals surface area contributed by atoms with Gasteiger partial charge in [-0.2, -0.15) is 10.2 Å². The summed E-state index contributed by atoms with van der Waals surface area (Å²) < 4.78 is 4.43. The third-order valence-electron chi connectivity index (χ3n) is 5.34. The lowest BCUT2D eigenvalue weighted by Gasteiger charge is -2.09. The van der Waals surface area contributed by atoms with E-state index in [1.165, 1.54) is 0 Å². The van der Waals surface area contributed by atoms with Crippen LogP contribution in [0.25, 0.3) is 22.2 Å². The van der Waals surface area contributed by atoms with Crippen molar-refractivity contribution in [2.75, 3.05) is 5.32 Å². The second-order valence-corrected chi connectivity index (χ2v) is 8.69. The molecule has 0 saturated carbocycles. The van der Waals surface area contributed by atoms with Crippen molar-refractivity contribution in [1.82, 2.24) is 24.5 Å². The Labute approximate surface area is 199 Å². The van der Waals surface area contributed by atoms with Crippen molar-refractivity contribution in [3.8, 4) is 11.1 Å². The van der Waals surface area contributed by atoms with Crippen LogP contribution in [0, 0.1) is 6.92 Å². The smallest absolute Gasteiger partial charge is 0.246 e. The normalized spacial score (nSPS) is 11.1. The number of anilines is 1. The average molecular weight is 501 g/mol. The highest BCUT2D eigenvalue weighted by Crippen LogP contribution is 2.29. The van der Waals surface area contributed by atoms with Crippen LogP contribution in [-0.2, 0) is 17.9 Å². The van der Waals surface area contributed by atoms with Crippen molar-refractivity contribution in [2.45, 2.75) is 20.0 Å². The second-order valence-electron chi connectivity index (χ2n) is 7.77. The van der Waals surface area contributed by atoms with Gasteiger partial charge in [-0.05, 0) is 57.7 Å². The first-order chi connectivity index (χ1) is 16.1. The van der Waals surface area contributed by atoms with Crippen LogP contribution in [0.5, 0.6) is 0 Å². The topological polar surface area (TPSA) is 77.6 Å². The third kappa shape index (κ3) is 4.56. The molecule has 5 aromatic rings. The van der Waals surface area contributed by atoms with Crippen LogP contribution in [0.3, 0.4) is 0 Å². The lowest BCUT2D eigenvalue weighted by molar-refractivity contribution is -0.116. The number of amides is 1. The molecule has 3 heterocycles. The molecule has 3 aromatic heterocycles. The number of nitrogens with one attached hydrogen (secondary N) is 1. The summed E-state index contributed by atoms with van der Waals surface area (Å²) in [5.74, 6) is -0.162. The quantitative estimate of drug-likeness (QED) is 0.353. The Hall–Kier alpha value is -3.78. The molecule has 0 saturated heterocycles. The lowest BCUT2D eigenvalue weighted by Crippen LogP contribution is -2.20. The predicted octanol–water partition coefficient (Wildman–Crippen LogP) is 5.05. The van der Waals surface area contributed by atoms with E-state index in [0.29, 0.717) is 12.2 Å². The molecule has 7 nitrogen and oxygen atoms in total. The maximum Gasteiger partial charge on any atom is 0.246 e. The zero-order chi connectivity index (χ0) is 22.8. The number of hydrogen-bond acceptors (Lipinski definition) is 4. The molecule has 0 radical (unpaired) electrons. The Balaban J connectivity index is 1.35. The minimum Gasteiger partial charge on any atom is -0.324 e. The van der Waals surface area contributed by atoms with Crippen molar-refractivity contribution in [3.05, 3.63) is 95.0 Å². The van der Waals surface area contributed by atoms with Gasteiger partial charge in [0.1, 0.15) is 6.54 Å². The number of pyridine rings is 1. The standard InChI is InChI=1S/C25H21BrN6O/c1-17-24-22(19-7-3-2-4-8-19)10-11-27-25(24)32(30-17)16-23(33)29-21-9-5-6-18(12-21)14-31-15-20(26)13-28-31/h2-13,15H,14,16H2,1H3,(H,29,33). The zero-order valence-electron chi connectivity index (χ0n) is 17.9. The van der Waals surface area contributed by atoms with E-state index in [4.69, 9.17) is 0 Å². The first kappa shape index (κ1) is 21.1. The van der Waals surface area contributed by atoms with E-state index in [2.05, 4.69) is 48.6 Å². The molecule has 2 aromatic carbocycles. The van der Waals surface area contributed by atoms with E-state index >= 15 is 0 Å². The number of halogens is 1. The molecule has 0 bridgehead atoms. The van der Waals surface area contributed by atoms with E-state index in [1.54, 1.807) is 17.1 Å². The number of aryl methyl sites for hydroxylation is 1. The zero-order valence-corrected chi connectivity index (χ0v) is 19.5. The average Bonchev–Trinajstić information content (AvgIpc) is 3.37. The fourth-order valence-electron chi connectivity index (χ4n) is 3.95. The monoisotopic (exact) mass is 500 g/mol. The van der Waals surface area contributed by atoms with E-state index in [1.807, 2.05) is 66.3 Å². The number of nitrogens with zero attached hydrogens (tertiary/aromatic N) is 5. The predicted molar refractivity (Wildman–Crippen MR) is 132 cm³/mol. The third-order valence-corrected chi connectivity index (χ3v) is 5.75. The summed E-state index contributed by atoms with van der Waals surface area (Å²) in [7, 11) is 0. The molecule has 0 aliphatic heterocycles. The van der Waals surface area contributed by atoms with Gasteiger partial charge in [0.25, 0.3) is 0 Å². The fourth-order valence-corrected chi connectivity index (χ4v) is 4.27. The van der Waals surface area contributed by atoms with Crippen LogP contribution in [0.4, 0.5) is 5.69 Å². The number of benzene rings is 2. The summed E-state index contributed by atoms with van der Waals surface area (Å²) in [6.45, 7) is 2.64. The first-order valence-electron chi connectivity index (χ1n) is 10.5. The summed E-state index contributed by atoms with van der Waals surface area (Å²) in [5.41, 5.74) is 5.47. The van der Waals surface area contributed by atoms with Crippen molar-refractivity contribution in [1.29, 1.82) is 0 Å². The number of hydrogen-bond donors (Lipinski definition) is 1. The first-order valence-corrected chi connectivity index (χ1v) is 11.3. The number of fused-ring (bicyclic) bond motifs is 1. The Morgan fingerprint density at radius 1 is 1.09 bits per heavy atom. The molecule has 0 aliphatic carbocycles. The van der Waals surface area contributed by atoms with Crippen LogP contribution in [0.15, 0.2) is 83.7 Å². The van der Waals surface area contributed by atoms with Gasteiger partial charge in [0, 0.05) is 23.5 Å². The lowest BCUT2D eigenvalue weighted by atomic mass is 10.0. The van der Waals surface area contributed by atoms with Gasteiger partial charge in [-0.3, -0.25) is 9.48 Å². The van der Waals surface area contributed by atoms with Crippen molar-refractivity contribution in [3.63, 3.8) is 0 Å². The van der Waals surface area contributed by atoms with E-state index in [0.717, 1.165) is 37.9 Å². The molecular formula is C25H21BrN6O. The maximum atomic E-state index is 12.8.